The maximum absolute atomic E-state index is 11.9. The van der Waals surface area contributed by atoms with E-state index in [1.807, 2.05) is 0 Å². The van der Waals surface area contributed by atoms with Gasteiger partial charge >= 0.3 is 18.1 Å². The Labute approximate surface area is 117 Å². The number of ether oxygens (including phenoxy) is 1. The number of carbonyl (C=O) groups is 3. The molecule has 3 amide bonds. The molecule has 0 radical (unpaired) electrons. The van der Waals surface area contributed by atoms with E-state index in [2.05, 4.69) is 15.4 Å². The lowest BCUT2D eigenvalue weighted by atomic mass is 10.1. The van der Waals surface area contributed by atoms with Crippen molar-refractivity contribution in [1.82, 2.24) is 15.5 Å². The van der Waals surface area contributed by atoms with Crippen LogP contribution in [0.25, 0.3) is 0 Å². The zero-order valence-corrected chi connectivity index (χ0v) is 11.7. The minimum atomic E-state index is -0.879. The Morgan fingerprint density at radius 3 is 2.75 bits per heavy atom. The molecule has 1 aliphatic rings. The predicted molar refractivity (Wildman–Crippen MR) is 70.3 cm³/mol. The number of carboxylic acids is 1. The van der Waals surface area contributed by atoms with Crippen molar-refractivity contribution in [2.24, 2.45) is 5.92 Å². The smallest absolute Gasteiger partial charge is 0.407 e. The molecule has 1 rings (SSSR count). The van der Waals surface area contributed by atoms with E-state index in [1.165, 1.54) is 7.11 Å². The van der Waals surface area contributed by atoms with Crippen LogP contribution in [0.4, 0.5) is 9.59 Å². The summed E-state index contributed by atoms with van der Waals surface area (Å²) in [6, 6.07) is -0.346. The van der Waals surface area contributed by atoms with Gasteiger partial charge in [0.1, 0.15) is 0 Å². The molecule has 8 heteroatoms. The number of carboxylic acid groups (broad SMARTS) is 1. The van der Waals surface area contributed by atoms with Crippen molar-refractivity contribution < 1.29 is 24.2 Å². The molecule has 1 aliphatic heterocycles. The van der Waals surface area contributed by atoms with E-state index in [9.17, 15) is 14.4 Å². The van der Waals surface area contributed by atoms with E-state index in [-0.39, 0.29) is 24.4 Å². The number of hydrogen-bond donors (Lipinski definition) is 3. The topological polar surface area (TPSA) is 108 Å². The average molecular weight is 287 g/mol. The molecule has 0 spiro atoms. The van der Waals surface area contributed by atoms with Crippen molar-refractivity contribution in [3.63, 3.8) is 0 Å². The number of nitrogens with zero attached hydrogens (tertiary/aromatic N) is 1. The van der Waals surface area contributed by atoms with Crippen LogP contribution in [0, 0.1) is 5.92 Å². The number of likely N-dealkylation sites (tertiary alicyclic amines) is 1. The predicted octanol–water partition coefficient (Wildman–Crippen LogP) is 0.237. The maximum Gasteiger partial charge on any atom is 0.407 e. The number of methoxy groups -OCH3 is 1. The van der Waals surface area contributed by atoms with Gasteiger partial charge in [0.25, 0.3) is 0 Å². The van der Waals surface area contributed by atoms with E-state index in [0.717, 1.165) is 0 Å². The van der Waals surface area contributed by atoms with E-state index < -0.39 is 12.1 Å². The van der Waals surface area contributed by atoms with Gasteiger partial charge in [-0.15, -0.1) is 0 Å². The maximum atomic E-state index is 11.9. The first-order chi connectivity index (χ1) is 9.42. The summed E-state index contributed by atoms with van der Waals surface area (Å²) < 4.78 is 4.50. The highest BCUT2D eigenvalue weighted by molar-refractivity contribution is 5.75. The summed E-state index contributed by atoms with van der Waals surface area (Å²) in [4.78, 5) is 35.0. The molecule has 8 nitrogen and oxygen atoms in total. The number of hydrogen-bond acceptors (Lipinski definition) is 4. The summed E-state index contributed by atoms with van der Waals surface area (Å²) in [5, 5.41) is 14.0. The SMILES string of the molecule is COC(=O)NC1CCN(C(=O)NCC(C)CC(=O)O)C1. The zero-order valence-electron chi connectivity index (χ0n) is 11.7. The molecule has 3 N–H and O–H groups in total. The van der Waals surface area contributed by atoms with Gasteiger partial charge in [0, 0.05) is 26.1 Å². The Morgan fingerprint density at radius 2 is 2.15 bits per heavy atom. The molecular weight excluding hydrogens is 266 g/mol. The molecule has 0 bridgehead atoms. The molecule has 0 aromatic heterocycles. The van der Waals surface area contributed by atoms with Crippen LogP contribution in [-0.4, -0.2) is 60.9 Å². The van der Waals surface area contributed by atoms with Crippen LogP contribution in [0.3, 0.4) is 0 Å². The van der Waals surface area contributed by atoms with Crippen molar-refractivity contribution in [3.05, 3.63) is 0 Å². The van der Waals surface area contributed by atoms with Gasteiger partial charge in [-0.25, -0.2) is 9.59 Å². The van der Waals surface area contributed by atoms with Gasteiger partial charge < -0.3 is 25.4 Å². The number of alkyl carbamates (subject to hydrolysis) is 1. The second kappa shape index (κ2) is 7.56. The number of amides is 3. The quantitative estimate of drug-likeness (QED) is 0.671. The standard InChI is InChI=1S/C12H21N3O5/c1-8(5-10(16)17)6-13-11(18)15-4-3-9(7-15)14-12(19)20-2/h8-9H,3-7H2,1-2H3,(H,13,18)(H,14,19)(H,16,17). The van der Waals surface area contributed by atoms with E-state index in [4.69, 9.17) is 5.11 Å². The summed E-state index contributed by atoms with van der Waals surface area (Å²) in [7, 11) is 1.29. The highest BCUT2D eigenvalue weighted by atomic mass is 16.5. The van der Waals surface area contributed by atoms with Gasteiger partial charge in [0.15, 0.2) is 0 Å². The van der Waals surface area contributed by atoms with E-state index in [0.29, 0.717) is 26.1 Å². The van der Waals surface area contributed by atoms with Crippen LogP contribution in [0.2, 0.25) is 0 Å². The Kier molecular flexibility index (Phi) is 6.08. The van der Waals surface area contributed by atoms with Crippen LogP contribution < -0.4 is 10.6 Å². The molecule has 2 unspecified atom stereocenters. The number of urea groups is 1. The summed E-state index contributed by atoms with van der Waals surface area (Å²) in [5.41, 5.74) is 0. The minimum absolute atomic E-state index is 0.0206. The van der Waals surface area contributed by atoms with Gasteiger partial charge in [-0.3, -0.25) is 4.79 Å². The minimum Gasteiger partial charge on any atom is -0.481 e. The van der Waals surface area contributed by atoms with Crippen LogP contribution in [-0.2, 0) is 9.53 Å². The summed E-state index contributed by atoms with van der Waals surface area (Å²) >= 11 is 0. The fourth-order valence-corrected chi connectivity index (χ4v) is 2.03. The van der Waals surface area contributed by atoms with Crippen LogP contribution in [0.1, 0.15) is 19.8 Å². The Balaban J connectivity index is 2.28. The highest BCUT2D eigenvalue weighted by Gasteiger charge is 2.27. The second-order valence-electron chi connectivity index (χ2n) is 4.96. The van der Waals surface area contributed by atoms with Crippen LogP contribution >= 0.6 is 0 Å². The molecule has 114 valence electrons. The summed E-state index contributed by atoms with van der Waals surface area (Å²) in [5.74, 6) is -1.00. The zero-order chi connectivity index (χ0) is 15.1. The lowest BCUT2D eigenvalue weighted by Gasteiger charge is -2.19. The number of nitrogens with one attached hydrogen (secondary N) is 2. The molecule has 2 atom stereocenters. The van der Waals surface area contributed by atoms with Gasteiger partial charge in [0.2, 0.25) is 0 Å². The fraction of sp³-hybridized carbons (Fsp3) is 0.750. The summed E-state index contributed by atoms with van der Waals surface area (Å²) in [6.45, 7) is 3.05. The number of carbonyl (C=O) groups excluding carboxylic acids is 2. The lowest BCUT2D eigenvalue weighted by molar-refractivity contribution is -0.137. The Bertz CT molecular complexity index is 374. The van der Waals surface area contributed by atoms with Crippen molar-refractivity contribution in [3.8, 4) is 0 Å². The van der Waals surface area contributed by atoms with Crippen molar-refractivity contribution in [1.29, 1.82) is 0 Å². The molecule has 1 fully saturated rings. The Morgan fingerprint density at radius 1 is 1.45 bits per heavy atom. The molecule has 0 aromatic rings. The van der Waals surface area contributed by atoms with Gasteiger partial charge in [-0.1, -0.05) is 6.92 Å². The third-order valence-electron chi connectivity index (χ3n) is 3.11. The van der Waals surface area contributed by atoms with Gasteiger partial charge in [0.05, 0.1) is 13.2 Å². The molecule has 1 heterocycles. The third-order valence-corrected chi connectivity index (χ3v) is 3.11. The lowest BCUT2D eigenvalue weighted by Crippen LogP contribution is -2.43. The molecule has 0 aliphatic carbocycles. The van der Waals surface area contributed by atoms with Crippen LogP contribution in [0.5, 0.6) is 0 Å². The van der Waals surface area contributed by atoms with E-state index in [1.54, 1.807) is 11.8 Å². The molecule has 20 heavy (non-hydrogen) atoms. The monoisotopic (exact) mass is 287 g/mol. The first-order valence-electron chi connectivity index (χ1n) is 6.51. The first-order valence-corrected chi connectivity index (χ1v) is 6.51. The van der Waals surface area contributed by atoms with Crippen molar-refractivity contribution >= 4 is 18.1 Å². The molecule has 0 saturated carbocycles. The number of rotatable bonds is 5. The molecular formula is C12H21N3O5. The highest BCUT2D eigenvalue weighted by Crippen LogP contribution is 2.09. The van der Waals surface area contributed by atoms with Crippen molar-refractivity contribution in [2.75, 3.05) is 26.7 Å². The van der Waals surface area contributed by atoms with E-state index >= 15 is 0 Å². The molecule has 1 saturated heterocycles. The number of aliphatic carboxylic acids is 1. The summed E-state index contributed by atoms with van der Waals surface area (Å²) in [6.07, 6.45) is 0.187. The Hall–Kier alpha value is -1.99. The normalized spacial score (nSPS) is 19.3. The second-order valence-corrected chi connectivity index (χ2v) is 4.96. The largest absolute Gasteiger partial charge is 0.481 e. The van der Waals surface area contributed by atoms with Gasteiger partial charge in [-0.05, 0) is 12.3 Å². The van der Waals surface area contributed by atoms with Crippen molar-refractivity contribution in [2.45, 2.75) is 25.8 Å². The van der Waals surface area contributed by atoms with Crippen LogP contribution in [0.15, 0.2) is 0 Å². The molecule has 0 aromatic carbocycles. The average Bonchev–Trinajstić information content (AvgIpc) is 2.83. The fourth-order valence-electron chi connectivity index (χ4n) is 2.03. The van der Waals surface area contributed by atoms with Gasteiger partial charge in [-0.2, -0.15) is 0 Å². The third kappa shape index (κ3) is 5.33. The first kappa shape index (κ1) is 16.1.